The summed E-state index contributed by atoms with van der Waals surface area (Å²) in [6.07, 6.45) is 0.614. The van der Waals surface area contributed by atoms with Crippen molar-refractivity contribution in [1.29, 1.82) is 5.26 Å². The fourth-order valence-corrected chi connectivity index (χ4v) is 2.72. The van der Waals surface area contributed by atoms with E-state index in [1.807, 2.05) is 13.0 Å². The van der Waals surface area contributed by atoms with E-state index in [2.05, 4.69) is 5.32 Å². The number of rotatable bonds is 9. The van der Waals surface area contributed by atoms with Crippen molar-refractivity contribution in [2.24, 2.45) is 0 Å². The van der Waals surface area contributed by atoms with Crippen molar-refractivity contribution in [2.75, 3.05) is 20.3 Å². The van der Waals surface area contributed by atoms with Crippen molar-refractivity contribution < 1.29 is 23.8 Å². The molecule has 0 heterocycles. The Morgan fingerprint density at radius 1 is 1.23 bits per heavy atom. The zero-order chi connectivity index (χ0) is 22.8. The van der Waals surface area contributed by atoms with E-state index in [0.29, 0.717) is 35.2 Å². The fraction of sp³-hybridized carbons (Fsp3) is 0.261. The lowest BCUT2D eigenvalue weighted by molar-refractivity contribution is -0.141. The number of ether oxygens (including phenoxy) is 3. The highest BCUT2D eigenvalue weighted by molar-refractivity contribution is 6.30. The van der Waals surface area contributed by atoms with E-state index in [1.54, 1.807) is 49.4 Å². The maximum absolute atomic E-state index is 12.3. The molecule has 1 N–H and O–H groups in total. The summed E-state index contributed by atoms with van der Waals surface area (Å²) in [7, 11) is 1.52. The topological polar surface area (TPSA) is 97.6 Å². The molecule has 0 aliphatic rings. The van der Waals surface area contributed by atoms with Crippen LogP contribution in [0.4, 0.5) is 0 Å². The minimum Gasteiger partial charge on any atom is -0.479 e. The van der Waals surface area contributed by atoms with Gasteiger partial charge in [0, 0.05) is 18.7 Å². The van der Waals surface area contributed by atoms with E-state index >= 15 is 0 Å². The first kappa shape index (κ1) is 23.9. The Hall–Kier alpha value is -3.34. The summed E-state index contributed by atoms with van der Waals surface area (Å²) >= 11 is 5.93. The zero-order valence-electron chi connectivity index (χ0n) is 17.5. The number of methoxy groups -OCH3 is 1. The van der Waals surface area contributed by atoms with Gasteiger partial charge in [0.1, 0.15) is 23.1 Å². The van der Waals surface area contributed by atoms with Crippen molar-refractivity contribution in [3.8, 4) is 17.6 Å². The Labute approximate surface area is 186 Å². The van der Waals surface area contributed by atoms with Gasteiger partial charge in [-0.1, -0.05) is 23.7 Å². The third-order valence-corrected chi connectivity index (χ3v) is 4.37. The SMILES string of the molecule is COCCNC(=O)/C(C#N)=C/c1ccc(OC(=O)C(C)Oc2ccc(Cl)cc2C)cc1. The molecule has 2 aromatic carbocycles. The van der Waals surface area contributed by atoms with E-state index in [4.69, 9.17) is 25.8 Å². The van der Waals surface area contributed by atoms with Gasteiger partial charge in [0.15, 0.2) is 6.10 Å². The summed E-state index contributed by atoms with van der Waals surface area (Å²) in [5, 5.41) is 12.4. The summed E-state index contributed by atoms with van der Waals surface area (Å²) in [6, 6.07) is 13.4. The van der Waals surface area contributed by atoms with Gasteiger partial charge in [-0.15, -0.1) is 0 Å². The number of halogens is 1. The first-order chi connectivity index (χ1) is 14.8. The normalized spacial score (nSPS) is 11.9. The van der Waals surface area contributed by atoms with Crippen LogP contribution in [0.25, 0.3) is 6.08 Å². The molecule has 0 bridgehead atoms. The molecule has 0 fully saturated rings. The number of benzene rings is 2. The summed E-state index contributed by atoms with van der Waals surface area (Å²) < 4.78 is 15.9. The predicted molar refractivity (Wildman–Crippen MR) is 117 cm³/mol. The minimum absolute atomic E-state index is 0.0406. The average Bonchev–Trinajstić information content (AvgIpc) is 2.75. The molecule has 0 saturated heterocycles. The quantitative estimate of drug-likeness (QED) is 0.209. The molecule has 0 radical (unpaired) electrons. The highest BCUT2D eigenvalue weighted by atomic mass is 35.5. The second-order valence-electron chi connectivity index (χ2n) is 6.58. The number of aryl methyl sites for hydroxylation is 1. The first-order valence-corrected chi connectivity index (χ1v) is 9.85. The Bertz CT molecular complexity index is 996. The third-order valence-electron chi connectivity index (χ3n) is 4.14. The highest BCUT2D eigenvalue weighted by Crippen LogP contribution is 2.23. The largest absolute Gasteiger partial charge is 0.479 e. The second-order valence-corrected chi connectivity index (χ2v) is 7.01. The monoisotopic (exact) mass is 442 g/mol. The van der Waals surface area contributed by atoms with Crippen molar-refractivity contribution in [3.05, 3.63) is 64.2 Å². The highest BCUT2D eigenvalue weighted by Gasteiger charge is 2.18. The van der Waals surface area contributed by atoms with Crippen LogP contribution in [0.5, 0.6) is 11.5 Å². The third kappa shape index (κ3) is 7.45. The van der Waals surface area contributed by atoms with Crippen molar-refractivity contribution in [3.63, 3.8) is 0 Å². The van der Waals surface area contributed by atoms with E-state index < -0.39 is 18.0 Å². The second kappa shape index (κ2) is 11.7. The summed E-state index contributed by atoms with van der Waals surface area (Å²) in [6.45, 7) is 4.08. The molecule has 162 valence electrons. The van der Waals surface area contributed by atoms with Crippen LogP contribution < -0.4 is 14.8 Å². The van der Waals surface area contributed by atoms with E-state index in [0.717, 1.165) is 5.56 Å². The van der Waals surface area contributed by atoms with Crippen LogP contribution >= 0.6 is 11.6 Å². The van der Waals surface area contributed by atoms with Gasteiger partial charge < -0.3 is 19.5 Å². The van der Waals surface area contributed by atoms with E-state index in [-0.39, 0.29) is 5.57 Å². The maximum atomic E-state index is 12.3. The lowest BCUT2D eigenvalue weighted by atomic mass is 10.1. The Morgan fingerprint density at radius 3 is 2.55 bits per heavy atom. The first-order valence-electron chi connectivity index (χ1n) is 9.47. The standard InChI is InChI=1S/C23H23ClN2O5/c1-15-12-19(24)6-9-21(15)30-16(2)23(28)31-20-7-4-17(5-8-20)13-18(14-25)22(27)26-10-11-29-3/h4-9,12-13,16H,10-11H2,1-3H3,(H,26,27)/b18-13+. The van der Waals surface area contributed by atoms with Crippen LogP contribution in [0.15, 0.2) is 48.0 Å². The van der Waals surface area contributed by atoms with Gasteiger partial charge in [0.2, 0.25) is 0 Å². The number of carbonyl (C=O) groups excluding carboxylic acids is 2. The van der Waals surface area contributed by atoms with Gasteiger partial charge in [-0.2, -0.15) is 5.26 Å². The number of carbonyl (C=O) groups is 2. The lowest BCUT2D eigenvalue weighted by Gasteiger charge is -2.15. The van der Waals surface area contributed by atoms with Crippen LogP contribution in [0, 0.1) is 18.3 Å². The van der Waals surface area contributed by atoms with Crippen molar-refractivity contribution in [1.82, 2.24) is 5.32 Å². The molecular weight excluding hydrogens is 420 g/mol. The molecule has 0 saturated carbocycles. The summed E-state index contributed by atoms with van der Waals surface area (Å²) in [4.78, 5) is 24.3. The molecular formula is C23H23ClN2O5. The fourth-order valence-electron chi connectivity index (χ4n) is 2.49. The number of amides is 1. The molecule has 1 amide bonds. The number of hydrogen-bond acceptors (Lipinski definition) is 6. The van der Waals surface area contributed by atoms with Gasteiger partial charge >= 0.3 is 5.97 Å². The van der Waals surface area contributed by atoms with Gasteiger partial charge in [-0.3, -0.25) is 4.79 Å². The molecule has 31 heavy (non-hydrogen) atoms. The van der Waals surface area contributed by atoms with Gasteiger partial charge in [0.25, 0.3) is 5.91 Å². The molecule has 0 aromatic heterocycles. The minimum atomic E-state index is -0.833. The molecule has 0 aliphatic carbocycles. The molecule has 8 heteroatoms. The Balaban J connectivity index is 1.98. The van der Waals surface area contributed by atoms with Crippen molar-refractivity contribution >= 4 is 29.6 Å². The summed E-state index contributed by atoms with van der Waals surface area (Å²) in [5.74, 6) is -0.193. The molecule has 1 atom stereocenters. The van der Waals surface area contributed by atoms with E-state index in [9.17, 15) is 14.9 Å². The molecule has 0 aliphatic heterocycles. The van der Waals surface area contributed by atoms with E-state index in [1.165, 1.54) is 13.2 Å². The number of nitrogens with one attached hydrogen (secondary N) is 1. The number of nitriles is 1. The Kier molecular flexibility index (Phi) is 9.07. The smallest absolute Gasteiger partial charge is 0.352 e. The number of esters is 1. The Morgan fingerprint density at radius 2 is 1.94 bits per heavy atom. The van der Waals surface area contributed by atoms with Crippen LogP contribution in [-0.2, 0) is 14.3 Å². The van der Waals surface area contributed by atoms with Gasteiger partial charge in [-0.05, 0) is 61.4 Å². The molecule has 0 spiro atoms. The van der Waals surface area contributed by atoms with Crippen LogP contribution in [-0.4, -0.2) is 38.2 Å². The summed E-state index contributed by atoms with van der Waals surface area (Å²) in [5.41, 5.74) is 1.38. The molecule has 2 aromatic rings. The predicted octanol–water partition coefficient (Wildman–Crippen LogP) is 3.69. The van der Waals surface area contributed by atoms with Crippen LogP contribution in [0.3, 0.4) is 0 Å². The molecule has 2 rings (SSSR count). The maximum Gasteiger partial charge on any atom is 0.352 e. The molecule has 1 unspecified atom stereocenters. The average molecular weight is 443 g/mol. The van der Waals surface area contributed by atoms with Crippen molar-refractivity contribution in [2.45, 2.75) is 20.0 Å². The zero-order valence-corrected chi connectivity index (χ0v) is 18.2. The molecule has 7 nitrogen and oxygen atoms in total. The number of hydrogen-bond donors (Lipinski definition) is 1. The number of nitrogens with zero attached hydrogens (tertiary/aromatic N) is 1. The lowest BCUT2D eigenvalue weighted by Crippen LogP contribution is -2.28. The van der Waals surface area contributed by atoms with Crippen LogP contribution in [0.2, 0.25) is 5.02 Å². The van der Waals surface area contributed by atoms with Gasteiger partial charge in [-0.25, -0.2) is 4.79 Å². The van der Waals surface area contributed by atoms with Gasteiger partial charge in [0.05, 0.1) is 6.61 Å². The van der Waals surface area contributed by atoms with Crippen LogP contribution in [0.1, 0.15) is 18.1 Å².